The SMILES string of the molecule is O=C(NS(=O)(=O)c1ccc(NCC2CCOCC2)c([N+](=O)[O-])c1)c1ccc(C2CCC(NC(c3ccccc3)c3ccccc3)CC2)cc1Oc1cnc2[nH]ccc2c1. The number of ether oxygens (including phenoxy) is 2. The number of H-pyrrole nitrogens is 1. The Hall–Kier alpha value is -6.09. The van der Waals surface area contributed by atoms with Crippen molar-refractivity contribution in [1.29, 1.82) is 0 Å². The summed E-state index contributed by atoms with van der Waals surface area (Å²) in [7, 11) is -4.54. The summed E-state index contributed by atoms with van der Waals surface area (Å²) in [6, 6.07) is 33.7. The molecule has 4 N–H and O–H groups in total. The molecule has 304 valence electrons. The molecule has 3 heterocycles. The van der Waals surface area contributed by atoms with E-state index in [2.05, 4.69) is 73.9 Å². The quantitative estimate of drug-likeness (QED) is 0.0615. The van der Waals surface area contributed by atoms with Crippen LogP contribution in [0.15, 0.2) is 126 Å². The molecule has 6 aromatic rings. The maximum Gasteiger partial charge on any atom is 0.293 e. The molecular formula is C45H46N6O7S. The van der Waals surface area contributed by atoms with Crippen molar-refractivity contribution in [3.05, 3.63) is 154 Å². The van der Waals surface area contributed by atoms with E-state index in [1.807, 2.05) is 30.3 Å². The highest BCUT2D eigenvalue weighted by molar-refractivity contribution is 7.90. The third-order valence-electron chi connectivity index (χ3n) is 11.3. The number of aromatic amines is 1. The van der Waals surface area contributed by atoms with Crippen LogP contribution in [0.4, 0.5) is 11.4 Å². The molecule has 1 saturated heterocycles. The fourth-order valence-electron chi connectivity index (χ4n) is 8.09. The van der Waals surface area contributed by atoms with Gasteiger partial charge in [0.2, 0.25) is 0 Å². The third kappa shape index (κ3) is 9.46. The lowest BCUT2D eigenvalue weighted by molar-refractivity contribution is -0.384. The van der Waals surface area contributed by atoms with Gasteiger partial charge < -0.3 is 25.1 Å². The average molecular weight is 815 g/mol. The molecule has 0 radical (unpaired) electrons. The molecule has 2 fully saturated rings. The van der Waals surface area contributed by atoms with Gasteiger partial charge in [0.25, 0.3) is 21.6 Å². The second kappa shape index (κ2) is 17.8. The van der Waals surface area contributed by atoms with E-state index in [1.54, 1.807) is 18.3 Å². The van der Waals surface area contributed by atoms with Crippen LogP contribution in [0.25, 0.3) is 11.0 Å². The summed E-state index contributed by atoms with van der Waals surface area (Å²) < 4.78 is 41.1. The van der Waals surface area contributed by atoms with Crippen molar-refractivity contribution >= 4 is 38.3 Å². The predicted octanol–water partition coefficient (Wildman–Crippen LogP) is 8.63. The Bertz CT molecular complexity index is 2480. The zero-order valence-corrected chi connectivity index (χ0v) is 33.2. The molecule has 13 nitrogen and oxygen atoms in total. The fraction of sp³-hybridized carbons (Fsp3) is 0.289. The Morgan fingerprint density at radius 1 is 0.881 bits per heavy atom. The minimum absolute atomic E-state index is 0.0142. The van der Waals surface area contributed by atoms with Crippen molar-refractivity contribution in [2.75, 3.05) is 25.1 Å². The number of pyridine rings is 1. The van der Waals surface area contributed by atoms with Crippen LogP contribution in [0.3, 0.4) is 0 Å². The lowest BCUT2D eigenvalue weighted by Gasteiger charge is -2.33. The number of rotatable bonds is 14. The van der Waals surface area contributed by atoms with Gasteiger partial charge in [-0.1, -0.05) is 66.7 Å². The smallest absolute Gasteiger partial charge is 0.293 e. The lowest BCUT2D eigenvalue weighted by atomic mass is 9.81. The number of nitro benzene ring substituents is 1. The van der Waals surface area contributed by atoms with Crippen LogP contribution in [0.2, 0.25) is 0 Å². The number of nitro groups is 1. The second-order valence-corrected chi connectivity index (χ2v) is 16.9. The molecule has 1 amide bonds. The summed E-state index contributed by atoms with van der Waals surface area (Å²) in [5.74, 6) is 0.0459. The largest absolute Gasteiger partial charge is 0.455 e. The summed E-state index contributed by atoms with van der Waals surface area (Å²) in [6.07, 6.45) is 8.60. The topological polar surface area (TPSA) is 178 Å². The molecule has 59 heavy (non-hydrogen) atoms. The Morgan fingerprint density at radius 2 is 1.59 bits per heavy atom. The zero-order chi connectivity index (χ0) is 40.8. The predicted molar refractivity (Wildman–Crippen MR) is 225 cm³/mol. The highest BCUT2D eigenvalue weighted by Gasteiger charge is 2.29. The average Bonchev–Trinajstić information content (AvgIpc) is 3.74. The molecule has 4 aromatic carbocycles. The Morgan fingerprint density at radius 3 is 2.29 bits per heavy atom. The van der Waals surface area contributed by atoms with E-state index in [0.29, 0.717) is 31.2 Å². The Balaban J connectivity index is 1.01. The number of hydrogen-bond acceptors (Lipinski definition) is 10. The first-order valence-electron chi connectivity index (χ1n) is 20.0. The van der Waals surface area contributed by atoms with Crippen LogP contribution >= 0.6 is 0 Å². The van der Waals surface area contributed by atoms with Crippen molar-refractivity contribution in [3.8, 4) is 11.5 Å². The number of nitrogens with zero attached hydrogens (tertiary/aromatic N) is 2. The first-order valence-corrected chi connectivity index (χ1v) is 21.5. The maximum absolute atomic E-state index is 13.9. The highest BCUT2D eigenvalue weighted by atomic mass is 32.2. The van der Waals surface area contributed by atoms with Crippen LogP contribution in [0, 0.1) is 16.0 Å². The number of carbonyl (C=O) groups is 1. The molecule has 1 saturated carbocycles. The maximum atomic E-state index is 13.9. The number of anilines is 1. The summed E-state index contributed by atoms with van der Waals surface area (Å²) in [5, 5.41) is 19.9. The number of benzene rings is 4. The van der Waals surface area contributed by atoms with Gasteiger partial charge in [0.1, 0.15) is 22.8 Å². The normalized spacial score (nSPS) is 17.4. The summed E-state index contributed by atoms with van der Waals surface area (Å²) in [6.45, 7) is 1.74. The lowest BCUT2D eigenvalue weighted by Crippen LogP contribution is -2.36. The van der Waals surface area contributed by atoms with Gasteiger partial charge in [0, 0.05) is 43.4 Å². The van der Waals surface area contributed by atoms with E-state index in [9.17, 15) is 23.3 Å². The van der Waals surface area contributed by atoms with Crippen molar-refractivity contribution < 1.29 is 27.6 Å². The number of carbonyl (C=O) groups excluding carboxylic acids is 1. The van der Waals surface area contributed by atoms with Crippen LogP contribution in [0.1, 0.15) is 77.5 Å². The standard InChI is InChI=1S/C45H46N6O7S/c52-45(50-59(55,56)38-16-18-40(41(27-38)51(53)54)47-28-30-20-23-57-24-21-30)39-17-13-34(26-42(39)58-37-25-35-19-22-46-44(35)48-29-37)31-11-14-36(15-12-31)49-43(32-7-3-1-4-8-32)33-9-5-2-6-10-33/h1-10,13,16-19,22,25-27,29-31,36,43,47,49H,11-12,14-15,20-21,23-24,28H2,(H,46,48)(H,50,52). The summed E-state index contributed by atoms with van der Waals surface area (Å²) in [5.41, 5.74) is 3.83. The van der Waals surface area contributed by atoms with E-state index in [-0.39, 0.29) is 40.9 Å². The molecule has 0 bridgehead atoms. The number of aromatic nitrogens is 2. The number of sulfonamides is 1. The van der Waals surface area contributed by atoms with Crippen LogP contribution in [-0.2, 0) is 14.8 Å². The second-order valence-electron chi connectivity index (χ2n) is 15.2. The van der Waals surface area contributed by atoms with E-state index >= 15 is 0 Å². The van der Waals surface area contributed by atoms with Crippen molar-refractivity contribution in [2.45, 2.75) is 61.4 Å². The van der Waals surface area contributed by atoms with Gasteiger partial charge in [-0.3, -0.25) is 14.9 Å². The first-order chi connectivity index (χ1) is 28.7. The number of fused-ring (bicyclic) bond motifs is 1. The number of nitrogens with one attached hydrogen (secondary N) is 4. The molecule has 0 atom stereocenters. The molecule has 1 aliphatic heterocycles. The summed E-state index contributed by atoms with van der Waals surface area (Å²) >= 11 is 0. The van der Waals surface area contributed by atoms with Crippen molar-refractivity contribution in [3.63, 3.8) is 0 Å². The van der Waals surface area contributed by atoms with Crippen LogP contribution in [0.5, 0.6) is 11.5 Å². The van der Waals surface area contributed by atoms with Gasteiger partial charge in [-0.15, -0.1) is 0 Å². The van der Waals surface area contributed by atoms with E-state index in [1.165, 1.54) is 29.5 Å². The van der Waals surface area contributed by atoms with E-state index < -0.39 is 31.4 Å². The minimum Gasteiger partial charge on any atom is -0.455 e. The fourth-order valence-corrected chi connectivity index (χ4v) is 9.08. The molecule has 1 aliphatic carbocycles. The molecular weight excluding hydrogens is 769 g/mol. The zero-order valence-electron chi connectivity index (χ0n) is 32.4. The van der Waals surface area contributed by atoms with E-state index in [0.717, 1.165) is 55.5 Å². The van der Waals surface area contributed by atoms with Crippen LogP contribution in [-0.4, -0.2) is 55.0 Å². The molecule has 0 unspecified atom stereocenters. The van der Waals surface area contributed by atoms with Crippen LogP contribution < -0.4 is 20.1 Å². The molecule has 2 aliphatic rings. The van der Waals surface area contributed by atoms with Gasteiger partial charge in [-0.2, -0.15) is 0 Å². The molecule has 2 aromatic heterocycles. The molecule has 14 heteroatoms. The summed E-state index contributed by atoms with van der Waals surface area (Å²) in [4.78, 5) is 32.4. The molecule has 0 spiro atoms. The number of hydrogen-bond donors (Lipinski definition) is 4. The van der Waals surface area contributed by atoms with Gasteiger partial charge in [0.15, 0.2) is 0 Å². The van der Waals surface area contributed by atoms with Gasteiger partial charge in [0.05, 0.1) is 27.6 Å². The number of amides is 1. The molecule has 8 rings (SSSR count). The van der Waals surface area contributed by atoms with Crippen molar-refractivity contribution in [1.82, 2.24) is 20.0 Å². The Kier molecular flexibility index (Phi) is 12.0. The highest BCUT2D eigenvalue weighted by Crippen LogP contribution is 2.38. The Labute approximate surface area is 342 Å². The van der Waals surface area contributed by atoms with Gasteiger partial charge in [-0.25, -0.2) is 18.1 Å². The minimum atomic E-state index is -4.54. The van der Waals surface area contributed by atoms with Crippen molar-refractivity contribution in [2.24, 2.45) is 5.92 Å². The monoisotopic (exact) mass is 814 g/mol. The first kappa shape index (κ1) is 39.7. The third-order valence-corrected chi connectivity index (χ3v) is 12.7. The van der Waals surface area contributed by atoms with Gasteiger partial charge >= 0.3 is 0 Å². The van der Waals surface area contributed by atoms with Gasteiger partial charge in [-0.05, 0) is 103 Å². The van der Waals surface area contributed by atoms with E-state index in [4.69, 9.17) is 9.47 Å².